The highest BCUT2D eigenvalue weighted by Crippen LogP contribution is 2.16. The maximum absolute atomic E-state index is 13.1. The van der Waals surface area contributed by atoms with Gasteiger partial charge >= 0.3 is 11.9 Å². The van der Waals surface area contributed by atoms with Crippen LogP contribution in [0.1, 0.15) is 26.3 Å². The molecule has 0 bridgehead atoms. The summed E-state index contributed by atoms with van der Waals surface area (Å²) in [6.07, 6.45) is 0.0635. The van der Waals surface area contributed by atoms with Crippen molar-refractivity contribution in [3.8, 4) is 0 Å². The summed E-state index contributed by atoms with van der Waals surface area (Å²) in [5.41, 5.74) is 5.54. The Morgan fingerprint density at radius 2 is 2.00 bits per heavy atom. The number of carbonyl (C=O) groups is 2. The van der Waals surface area contributed by atoms with Crippen molar-refractivity contribution in [1.29, 1.82) is 0 Å². The van der Waals surface area contributed by atoms with Crippen LogP contribution >= 0.6 is 0 Å². The highest BCUT2D eigenvalue weighted by Gasteiger charge is 2.36. The lowest BCUT2D eigenvalue weighted by Gasteiger charge is -2.25. The molecule has 0 heterocycles. The minimum Gasteiger partial charge on any atom is -0.481 e. The van der Waals surface area contributed by atoms with Gasteiger partial charge in [-0.05, 0) is 44.9 Å². The number of carbonyl (C=O) groups excluding carboxylic acids is 1. The third-order valence-electron chi connectivity index (χ3n) is 2.72. The molecule has 0 amide bonds. The molecule has 0 aliphatic rings. The zero-order valence-electron chi connectivity index (χ0n) is 12.3. The Morgan fingerprint density at radius 1 is 1.38 bits per heavy atom. The van der Waals surface area contributed by atoms with Crippen molar-refractivity contribution in [2.45, 2.75) is 38.8 Å². The van der Waals surface area contributed by atoms with Crippen LogP contribution in [0.15, 0.2) is 24.3 Å². The number of esters is 1. The fraction of sp³-hybridized carbons (Fsp3) is 0.467. The van der Waals surface area contributed by atoms with E-state index in [0.717, 1.165) is 0 Å². The lowest BCUT2D eigenvalue weighted by atomic mass is 9.94. The number of halogens is 1. The van der Waals surface area contributed by atoms with Gasteiger partial charge in [-0.25, -0.2) is 4.39 Å². The van der Waals surface area contributed by atoms with E-state index in [1.807, 2.05) is 0 Å². The molecule has 0 saturated heterocycles. The molecular formula is C15H20FNO4. The Labute approximate surface area is 122 Å². The molecular weight excluding hydrogens is 277 g/mol. The van der Waals surface area contributed by atoms with E-state index in [4.69, 9.17) is 10.5 Å². The fourth-order valence-corrected chi connectivity index (χ4v) is 1.88. The maximum atomic E-state index is 13.1. The molecule has 0 aromatic heterocycles. The molecule has 0 fully saturated rings. The Balaban J connectivity index is 2.85. The van der Waals surface area contributed by atoms with E-state index in [2.05, 4.69) is 0 Å². The summed E-state index contributed by atoms with van der Waals surface area (Å²) < 4.78 is 18.2. The predicted molar refractivity (Wildman–Crippen MR) is 75.1 cm³/mol. The Kier molecular flexibility index (Phi) is 5.43. The van der Waals surface area contributed by atoms with Gasteiger partial charge in [0.05, 0.1) is 0 Å². The van der Waals surface area contributed by atoms with Gasteiger partial charge in [0.25, 0.3) is 0 Å². The smallest absolute Gasteiger partial charge is 0.322 e. The molecule has 0 aliphatic heterocycles. The monoisotopic (exact) mass is 297 g/mol. The van der Waals surface area contributed by atoms with Crippen LogP contribution in [0.5, 0.6) is 0 Å². The largest absolute Gasteiger partial charge is 0.481 e. The molecule has 2 unspecified atom stereocenters. The van der Waals surface area contributed by atoms with E-state index in [9.17, 15) is 19.1 Å². The van der Waals surface area contributed by atoms with Gasteiger partial charge in [-0.2, -0.15) is 0 Å². The first kappa shape index (κ1) is 17.1. The topological polar surface area (TPSA) is 89.6 Å². The SMILES string of the molecule is CC(C)(C)OC(=O)C(C(=O)O)C(N)Cc1cccc(F)c1. The summed E-state index contributed by atoms with van der Waals surface area (Å²) in [5, 5.41) is 9.19. The van der Waals surface area contributed by atoms with Crippen molar-refractivity contribution in [2.75, 3.05) is 0 Å². The third kappa shape index (κ3) is 5.51. The van der Waals surface area contributed by atoms with Gasteiger partial charge < -0.3 is 15.6 Å². The van der Waals surface area contributed by atoms with E-state index in [0.29, 0.717) is 5.56 Å². The van der Waals surface area contributed by atoms with Crippen LogP contribution in [0.25, 0.3) is 0 Å². The van der Waals surface area contributed by atoms with Crippen LogP contribution in [-0.2, 0) is 20.7 Å². The van der Waals surface area contributed by atoms with Crippen LogP contribution in [0.3, 0.4) is 0 Å². The predicted octanol–water partition coefficient (Wildman–Crippen LogP) is 1.74. The second kappa shape index (κ2) is 6.67. The molecule has 1 rings (SSSR count). The minimum absolute atomic E-state index is 0.0635. The van der Waals surface area contributed by atoms with Gasteiger partial charge in [0.15, 0.2) is 5.92 Å². The van der Waals surface area contributed by atoms with Crippen molar-refractivity contribution >= 4 is 11.9 Å². The van der Waals surface area contributed by atoms with Crippen molar-refractivity contribution in [1.82, 2.24) is 0 Å². The number of rotatable bonds is 5. The number of aliphatic carboxylic acids is 1. The van der Waals surface area contributed by atoms with Crippen LogP contribution in [0, 0.1) is 11.7 Å². The summed E-state index contributed by atoms with van der Waals surface area (Å²) >= 11 is 0. The molecule has 21 heavy (non-hydrogen) atoms. The second-order valence-electron chi connectivity index (χ2n) is 5.85. The lowest BCUT2D eigenvalue weighted by Crippen LogP contribution is -2.45. The van der Waals surface area contributed by atoms with Crippen LogP contribution in [-0.4, -0.2) is 28.7 Å². The molecule has 3 N–H and O–H groups in total. The number of ether oxygens (including phenoxy) is 1. The number of hydrogen-bond acceptors (Lipinski definition) is 4. The van der Waals surface area contributed by atoms with E-state index in [-0.39, 0.29) is 6.42 Å². The number of carboxylic acids is 1. The maximum Gasteiger partial charge on any atom is 0.322 e. The number of nitrogens with two attached hydrogens (primary N) is 1. The fourth-order valence-electron chi connectivity index (χ4n) is 1.88. The van der Waals surface area contributed by atoms with E-state index < -0.39 is 35.3 Å². The van der Waals surface area contributed by atoms with Gasteiger partial charge in [-0.3, -0.25) is 9.59 Å². The average Bonchev–Trinajstić information content (AvgIpc) is 2.25. The summed E-state index contributed by atoms with van der Waals surface area (Å²) in [5.74, 6) is -4.18. The van der Waals surface area contributed by atoms with Gasteiger partial charge in [0, 0.05) is 6.04 Å². The van der Waals surface area contributed by atoms with Crippen molar-refractivity contribution in [2.24, 2.45) is 11.7 Å². The quantitative estimate of drug-likeness (QED) is 0.638. The molecule has 0 spiro atoms. The summed E-state index contributed by atoms with van der Waals surface area (Å²) in [4.78, 5) is 23.2. The van der Waals surface area contributed by atoms with Gasteiger partial charge in [0.2, 0.25) is 0 Å². The highest BCUT2D eigenvalue weighted by molar-refractivity contribution is 5.95. The van der Waals surface area contributed by atoms with Crippen LogP contribution < -0.4 is 5.73 Å². The summed E-state index contributed by atoms with van der Waals surface area (Å²) in [6, 6.07) is 4.65. The molecule has 0 radical (unpaired) electrons. The minimum atomic E-state index is -1.49. The molecule has 1 aromatic carbocycles. The molecule has 116 valence electrons. The van der Waals surface area contributed by atoms with Gasteiger partial charge in [-0.1, -0.05) is 12.1 Å². The first-order chi connectivity index (χ1) is 9.60. The van der Waals surface area contributed by atoms with Gasteiger partial charge in [0.1, 0.15) is 11.4 Å². The van der Waals surface area contributed by atoms with Crippen LogP contribution in [0.4, 0.5) is 4.39 Å². The Hall–Kier alpha value is -1.95. The molecule has 5 nitrogen and oxygen atoms in total. The summed E-state index contributed by atoms with van der Waals surface area (Å²) in [6.45, 7) is 4.92. The number of carboxylic acid groups (broad SMARTS) is 1. The Bertz CT molecular complexity index is 525. The number of hydrogen-bond donors (Lipinski definition) is 2. The molecule has 1 aromatic rings. The third-order valence-corrected chi connectivity index (χ3v) is 2.72. The molecule has 0 aliphatic carbocycles. The van der Waals surface area contributed by atoms with Crippen molar-refractivity contribution in [3.05, 3.63) is 35.6 Å². The number of benzene rings is 1. The molecule has 2 atom stereocenters. The average molecular weight is 297 g/mol. The molecule has 0 saturated carbocycles. The second-order valence-corrected chi connectivity index (χ2v) is 5.85. The van der Waals surface area contributed by atoms with Gasteiger partial charge in [-0.15, -0.1) is 0 Å². The summed E-state index contributed by atoms with van der Waals surface area (Å²) in [7, 11) is 0. The van der Waals surface area contributed by atoms with Crippen molar-refractivity contribution in [3.63, 3.8) is 0 Å². The molecule has 6 heteroatoms. The van der Waals surface area contributed by atoms with Crippen molar-refractivity contribution < 1.29 is 23.8 Å². The van der Waals surface area contributed by atoms with Crippen LogP contribution in [0.2, 0.25) is 0 Å². The first-order valence-electron chi connectivity index (χ1n) is 6.56. The first-order valence-corrected chi connectivity index (χ1v) is 6.56. The normalized spacial score (nSPS) is 14.3. The Morgan fingerprint density at radius 3 is 2.48 bits per heavy atom. The van der Waals surface area contributed by atoms with E-state index >= 15 is 0 Å². The zero-order valence-corrected chi connectivity index (χ0v) is 12.3. The zero-order chi connectivity index (χ0) is 16.2. The standard InChI is InChI=1S/C15H20FNO4/c1-15(2,3)21-14(20)12(13(18)19)11(17)8-9-5-4-6-10(16)7-9/h4-7,11-12H,8,17H2,1-3H3,(H,18,19). The highest BCUT2D eigenvalue weighted by atomic mass is 19.1. The van der Waals surface area contributed by atoms with E-state index in [1.54, 1.807) is 26.8 Å². The van der Waals surface area contributed by atoms with E-state index in [1.165, 1.54) is 18.2 Å². The lowest BCUT2D eigenvalue weighted by molar-refractivity contribution is -0.167.